The lowest BCUT2D eigenvalue weighted by atomic mass is 9.99. The highest BCUT2D eigenvalue weighted by molar-refractivity contribution is 6.14. The zero-order valence-corrected chi connectivity index (χ0v) is 19.1. The predicted molar refractivity (Wildman–Crippen MR) is 130 cm³/mol. The average molecular weight is 461 g/mol. The van der Waals surface area contributed by atoms with Crippen LogP contribution in [0.25, 0.3) is 22.1 Å². The summed E-state index contributed by atoms with van der Waals surface area (Å²) < 4.78 is 19.0. The van der Waals surface area contributed by atoms with Gasteiger partial charge in [-0.2, -0.15) is 0 Å². The van der Waals surface area contributed by atoms with Gasteiger partial charge < -0.3 is 20.2 Å². The van der Waals surface area contributed by atoms with Gasteiger partial charge >= 0.3 is 0 Å². The van der Waals surface area contributed by atoms with E-state index < -0.39 is 11.7 Å². The summed E-state index contributed by atoms with van der Waals surface area (Å²) in [5.74, 6) is -0.269. The molecule has 7 heteroatoms. The number of amides is 2. The molecule has 34 heavy (non-hydrogen) atoms. The number of aromatic hydroxyl groups is 1. The summed E-state index contributed by atoms with van der Waals surface area (Å²) in [5.41, 5.74) is 2.81. The molecule has 4 aromatic rings. The van der Waals surface area contributed by atoms with Crippen molar-refractivity contribution in [1.82, 2.24) is 5.32 Å². The van der Waals surface area contributed by atoms with Gasteiger partial charge in [-0.25, -0.2) is 4.39 Å². The van der Waals surface area contributed by atoms with Crippen LogP contribution in [0.15, 0.2) is 65.1 Å². The van der Waals surface area contributed by atoms with Crippen molar-refractivity contribution in [3.63, 3.8) is 0 Å². The van der Waals surface area contributed by atoms with E-state index in [0.717, 1.165) is 0 Å². The van der Waals surface area contributed by atoms with Crippen LogP contribution < -0.4 is 10.6 Å². The zero-order valence-electron chi connectivity index (χ0n) is 19.1. The lowest BCUT2D eigenvalue weighted by Gasteiger charge is -2.11. The van der Waals surface area contributed by atoms with Gasteiger partial charge in [-0.3, -0.25) is 9.59 Å². The SMILES string of the molecule is Cc1oc2ccc(-c3cc(C(=O)NCC(C)C)ccc3O)cc2c1C(=O)Nc1ccc(F)cc1. The Labute approximate surface area is 196 Å². The molecule has 174 valence electrons. The Bertz CT molecular complexity index is 1370. The van der Waals surface area contributed by atoms with Crippen molar-refractivity contribution in [2.75, 3.05) is 11.9 Å². The van der Waals surface area contributed by atoms with Crippen molar-refractivity contribution < 1.29 is 23.5 Å². The maximum Gasteiger partial charge on any atom is 0.259 e. The summed E-state index contributed by atoms with van der Waals surface area (Å²) in [4.78, 5) is 25.5. The number of halogens is 1. The normalized spacial score (nSPS) is 11.1. The van der Waals surface area contributed by atoms with Crippen LogP contribution in [0, 0.1) is 18.7 Å². The summed E-state index contributed by atoms with van der Waals surface area (Å²) in [6.07, 6.45) is 0. The number of hydrogen-bond acceptors (Lipinski definition) is 4. The van der Waals surface area contributed by atoms with Crippen LogP contribution in [0.1, 0.15) is 40.3 Å². The lowest BCUT2D eigenvalue weighted by molar-refractivity contribution is 0.0948. The number of phenolic OH excluding ortho intramolecular Hbond substituents is 1. The van der Waals surface area contributed by atoms with E-state index in [1.165, 1.54) is 30.3 Å². The van der Waals surface area contributed by atoms with Crippen molar-refractivity contribution in [3.8, 4) is 16.9 Å². The highest BCUT2D eigenvalue weighted by atomic mass is 19.1. The zero-order chi connectivity index (χ0) is 24.4. The third-order valence-electron chi connectivity index (χ3n) is 5.43. The fraction of sp³-hybridized carbons (Fsp3) is 0.185. The van der Waals surface area contributed by atoms with E-state index >= 15 is 0 Å². The number of furan rings is 1. The molecule has 0 spiro atoms. The molecule has 0 radical (unpaired) electrons. The van der Waals surface area contributed by atoms with Crippen LogP contribution in [0.3, 0.4) is 0 Å². The van der Waals surface area contributed by atoms with E-state index in [-0.39, 0.29) is 11.7 Å². The van der Waals surface area contributed by atoms with Gasteiger partial charge in [0.1, 0.15) is 22.9 Å². The van der Waals surface area contributed by atoms with Crippen LogP contribution >= 0.6 is 0 Å². The number of carbonyl (C=O) groups is 2. The largest absolute Gasteiger partial charge is 0.507 e. The van der Waals surface area contributed by atoms with Crippen LogP contribution in [0.5, 0.6) is 5.75 Å². The fourth-order valence-electron chi connectivity index (χ4n) is 3.70. The van der Waals surface area contributed by atoms with Crippen LogP contribution in [-0.4, -0.2) is 23.5 Å². The van der Waals surface area contributed by atoms with E-state index in [1.807, 2.05) is 13.8 Å². The maximum atomic E-state index is 13.2. The molecule has 2 amide bonds. The molecule has 4 rings (SSSR count). The number of nitrogens with one attached hydrogen (secondary N) is 2. The molecule has 0 aliphatic rings. The van der Waals surface area contributed by atoms with Crippen molar-refractivity contribution in [3.05, 3.63) is 83.4 Å². The molecule has 0 saturated heterocycles. The summed E-state index contributed by atoms with van der Waals surface area (Å²) in [6.45, 7) is 6.25. The number of rotatable bonds is 6. The third kappa shape index (κ3) is 4.78. The lowest BCUT2D eigenvalue weighted by Crippen LogP contribution is -2.27. The molecule has 3 aromatic carbocycles. The third-order valence-corrected chi connectivity index (χ3v) is 5.43. The Morgan fingerprint density at radius 3 is 2.44 bits per heavy atom. The van der Waals surface area contributed by atoms with E-state index in [1.54, 1.807) is 37.3 Å². The minimum atomic E-state index is -0.397. The molecular formula is C27H25FN2O4. The molecule has 0 unspecified atom stereocenters. The smallest absolute Gasteiger partial charge is 0.259 e. The number of fused-ring (bicyclic) bond motifs is 1. The van der Waals surface area contributed by atoms with Gasteiger partial charge in [0.05, 0.1) is 5.56 Å². The maximum absolute atomic E-state index is 13.2. The van der Waals surface area contributed by atoms with Gasteiger partial charge in [-0.05, 0) is 73.0 Å². The van der Waals surface area contributed by atoms with Gasteiger partial charge in [0.25, 0.3) is 11.8 Å². The van der Waals surface area contributed by atoms with Crippen molar-refractivity contribution in [2.24, 2.45) is 5.92 Å². The summed E-state index contributed by atoms with van der Waals surface area (Å²) >= 11 is 0. The number of carbonyl (C=O) groups excluding carboxylic acids is 2. The number of phenols is 1. The average Bonchev–Trinajstić information content (AvgIpc) is 3.14. The van der Waals surface area contributed by atoms with E-state index in [9.17, 15) is 19.1 Å². The molecule has 0 fully saturated rings. The number of anilines is 1. The number of benzene rings is 3. The summed E-state index contributed by atoms with van der Waals surface area (Å²) in [5, 5.41) is 16.7. The Hall–Kier alpha value is -4.13. The minimum absolute atomic E-state index is 0.0114. The summed E-state index contributed by atoms with van der Waals surface area (Å²) in [6, 6.07) is 15.4. The second kappa shape index (κ2) is 9.39. The Morgan fingerprint density at radius 1 is 1.00 bits per heavy atom. The second-order valence-corrected chi connectivity index (χ2v) is 8.54. The summed E-state index contributed by atoms with van der Waals surface area (Å²) in [7, 11) is 0. The molecule has 6 nitrogen and oxygen atoms in total. The van der Waals surface area contributed by atoms with Crippen LogP contribution in [0.2, 0.25) is 0 Å². The highest BCUT2D eigenvalue weighted by Gasteiger charge is 2.20. The molecule has 0 aliphatic heterocycles. The molecule has 3 N–H and O–H groups in total. The fourth-order valence-corrected chi connectivity index (χ4v) is 3.70. The number of hydrogen-bond donors (Lipinski definition) is 3. The second-order valence-electron chi connectivity index (χ2n) is 8.54. The van der Waals surface area contributed by atoms with Gasteiger partial charge in [0, 0.05) is 28.7 Å². The standard InChI is InChI=1S/C27H25FN2O4/c1-15(2)14-29-26(32)18-4-10-23(31)21(13-18)17-5-11-24-22(12-17)25(16(3)34-24)27(33)30-20-8-6-19(28)7-9-20/h4-13,15,31H,14H2,1-3H3,(H,29,32)(H,30,33). The van der Waals surface area contributed by atoms with E-state index in [4.69, 9.17) is 4.42 Å². The van der Waals surface area contributed by atoms with E-state index in [2.05, 4.69) is 10.6 Å². The Kier molecular flexibility index (Phi) is 6.36. The monoisotopic (exact) mass is 460 g/mol. The van der Waals surface area contributed by atoms with Crippen molar-refractivity contribution in [1.29, 1.82) is 0 Å². The van der Waals surface area contributed by atoms with Gasteiger partial charge in [0.15, 0.2) is 0 Å². The first kappa shape index (κ1) is 23.0. The molecule has 0 bridgehead atoms. The van der Waals surface area contributed by atoms with Gasteiger partial charge in [-0.15, -0.1) is 0 Å². The first-order chi connectivity index (χ1) is 16.2. The van der Waals surface area contributed by atoms with Crippen molar-refractivity contribution >= 4 is 28.5 Å². The topological polar surface area (TPSA) is 91.6 Å². The van der Waals surface area contributed by atoms with Crippen LogP contribution in [0.4, 0.5) is 10.1 Å². The molecule has 0 aliphatic carbocycles. The van der Waals surface area contributed by atoms with Crippen LogP contribution in [-0.2, 0) is 0 Å². The first-order valence-corrected chi connectivity index (χ1v) is 10.9. The van der Waals surface area contributed by atoms with Gasteiger partial charge in [-0.1, -0.05) is 19.9 Å². The van der Waals surface area contributed by atoms with E-state index in [0.29, 0.717) is 57.1 Å². The molecule has 1 heterocycles. The van der Waals surface area contributed by atoms with Gasteiger partial charge in [0.2, 0.25) is 0 Å². The quantitative estimate of drug-likeness (QED) is 0.335. The first-order valence-electron chi connectivity index (χ1n) is 10.9. The Balaban J connectivity index is 1.70. The van der Waals surface area contributed by atoms with Crippen molar-refractivity contribution in [2.45, 2.75) is 20.8 Å². The molecule has 1 aromatic heterocycles. The predicted octanol–water partition coefficient (Wildman–Crippen LogP) is 5.89. The number of aryl methyl sites for hydroxylation is 1. The molecule has 0 saturated carbocycles. The minimum Gasteiger partial charge on any atom is -0.507 e. The highest BCUT2D eigenvalue weighted by Crippen LogP contribution is 2.35. The Morgan fingerprint density at radius 2 is 1.74 bits per heavy atom. The molecular weight excluding hydrogens is 435 g/mol. The molecule has 0 atom stereocenters.